The summed E-state index contributed by atoms with van der Waals surface area (Å²) in [6, 6.07) is 3.93. The zero-order valence-electron chi connectivity index (χ0n) is 8.89. The van der Waals surface area contributed by atoms with Crippen molar-refractivity contribution in [1.82, 2.24) is 4.90 Å². The quantitative estimate of drug-likeness (QED) is 0.799. The van der Waals surface area contributed by atoms with Gasteiger partial charge in [-0.05, 0) is 25.1 Å². The molecular formula is C11H18N2O2. The Labute approximate surface area is 90.0 Å². The summed E-state index contributed by atoms with van der Waals surface area (Å²) in [6.07, 6.45) is 2.95. The van der Waals surface area contributed by atoms with E-state index in [4.69, 9.17) is 14.9 Å². The van der Waals surface area contributed by atoms with Gasteiger partial charge in [0.1, 0.15) is 5.76 Å². The van der Waals surface area contributed by atoms with Crippen LogP contribution < -0.4 is 5.73 Å². The Morgan fingerprint density at radius 1 is 1.53 bits per heavy atom. The van der Waals surface area contributed by atoms with Gasteiger partial charge < -0.3 is 14.9 Å². The van der Waals surface area contributed by atoms with Crippen molar-refractivity contribution < 1.29 is 9.15 Å². The monoisotopic (exact) mass is 210 g/mol. The Morgan fingerprint density at radius 3 is 3.20 bits per heavy atom. The van der Waals surface area contributed by atoms with Crippen LogP contribution in [0.25, 0.3) is 0 Å². The van der Waals surface area contributed by atoms with Crippen LogP contribution in [0.2, 0.25) is 0 Å². The van der Waals surface area contributed by atoms with Gasteiger partial charge in [-0.25, -0.2) is 0 Å². The molecule has 1 aromatic rings. The maximum absolute atomic E-state index is 5.62. The van der Waals surface area contributed by atoms with E-state index in [0.717, 1.165) is 38.4 Å². The standard InChI is InChI=1S/C11H18N2O2/c12-4-3-11-9-13(5-7-15-11)8-10-2-1-6-14-10/h1-2,6,11H,3-5,7-9,12H2. The van der Waals surface area contributed by atoms with Crippen LogP contribution in [-0.4, -0.2) is 37.2 Å². The van der Waals surface area contributed by atoms with Gasteiger partial charge in [0.15, 0.2) is 0 Å². The minimum atomic E-state index is 0.290. The van der Waals surface area contributed by atoms with Crippen molar-refractivity contribution in [3.8, 4) is 0 Å². The van der Waals surface area contributed by atoms with Gasteiger partial charge in [-0.2, -0.15) is 0 Å². The number of hydrogen-bond donors (Lipinski definition) is 1. The lowest BCUT2D eigenvalue weighted by Crippen LogP contribution is -2.42. The van der Waals surface area contributed by atoms with E-state index in [-0.39, 0.29) is 0 Å². The van der Waals surface area contributed by atoms with Crippen molar-refractivity contribution in [2.75, 3.05) is 26.2 Å². The van der Waals surface area contributed by atoms with E-state index in [0.29, 0.717) is 12.6 Å². The van der Waals surface area contributed by atoms with Crippen molar-refractivity contribution in [2.24, 2.45) is 5.73 Å². The van der Waals surface area contributed by atoms with E-state index in [1.54, 1.807) is 6.26 Å². The van der Waals surface area contributed by atoms with Crippen molar-refractivity contribution in [2.45, 2.75) is 19.1 Å². The van der Waals surface area contributed by atoms with E-state index >= 15 is 0 Å². The lowest BCUT2D eigenvalue weighted by Gasteiger charge is -2.32. The Kier molecular flexibility index (Phi) is 3.77. The molecule has 1 saturated heterocycles. The average molecular weight is 210 g/mol. The molecule has 0 aliphatic carbocycles. The minimum absolute atomic E-state index is 0.290. The van der Waals surface area contributed by atoms with E-state index in [9.17, 15) is 0 Å². The molecule has 1 aromatic heterocycles. The Balaban J connectivity index is 1.82. The second-order valence-electron chi connectivity index (χ2n) is 3.88. The molecule has 2 heterocycles. The summed E-state index contributed by atoms with van der Waals surface area (Å²) in [4.78, 5) is 2.35. The normalized spacial score (nSPS) is 23.1. The smallest absolute Gasteiger partial charge is 0.117 e. The van der Waals surface area contributed by atoms with Crippen molar-refractivity contribution in [3.05, 3.63) is 24.2 Å². The molecule has 1 unspecified atom stereocenters. The van der Waals surface area contributed by atoms with Crippen LogP contribution in [0, 0.1) is 0 Å². The highest BCUT2D eigenvalue weighted by Crippen LogP contribution is 2.12. The second-order valence-corrected chi connectivity index (χ2v) is 3.88. The van der Waals surface area contributed by atoms with Crippen LogP contribution >= 0.6 is 0 Å². The lowest BCUT2D eigenvalue weighted by atomic mass is 10.2. The number of nitrogens with zero attached hydrogens (tertiary/aromatic N) is 1. The molecular weight excluding hydrogens is 192 g/mol. The van der Waals surface area contributed by atoms with E-state index in [2.05, 4.69) is 4.90 Å². The number of furan rings is 1. The largest absolute Gasteiger partial charge is 0.468 e. The predicted octanol–water partition coefficient (Wildman–Crippen LogP) is 0.829. The fraction of sp³-hybridized carbons (Fsp3) is 0.636. The lowest BCUT2D eigenvalue weighted by molar-refractivity contribution is -0.0352. The number of hydrogen-bond acceptors (Lipinski definition) is 4. The van der Waals surface area contributed by atoms with Gasteiger partial charge in [0.05, 0.1) is 25.5 Å². The Morgan fingerprint density at radius 2 is 2.47 bits per heavy atom. The van der Waals surface area contributed by atoms with Gasteiger partial charge in [0.2, 0.25) is 0 Å². The summed E-state index contributed by atoms with van der Waals surface area (Å²) in [6.45, 7) is 4.29. The van der Waals surface area contributed by atoms with Crippen LogP contribution in [0.3, 0.4) is 0 Å². The van der Waals surface area contributed by atoms with Crippen LogP contribution in [-0.2, 0) is 11.3 Å². The van der Waals surface area contributed by atoms with Gasteiger partial charge in [0, 0.05) is 13.1 Å². The zero-order valence-corrected chi connectivity index (χ0v) is 8.89. The second kappa shape index (κ2) is 5.30. The summed E-state index contributed by atoms with van der Waals surface area (Å²) >= 11 is 0. The molecule has 84 valence electrons. The molecule has 2 rings (SSSR count). The number of morpholine rings is 1. The molecule has 0 saturated carbocycles. The van der Waals surface area contributed by atoms with Gasteiger partial charge in [-0.1, -0.05) is 0 Å². The van der Waals surface area contributed by atoms with E-state index in [1.807, 2.05) is 12.1 Å². The summed E-state index contributed by atoms with van der Waals surface area (Å²) in [5, 5.41) is 0. The zero-order chi connectivity index (χ0) is 10.5. The van der Waals surface area contributed by atoms with Crippen LogP contribution in [0.1, 0.15) is 12.2 Å². The maximum Gasteiger partial charge on any atom is 0.117 e. The molecule has 0 bridgehead atoms. The molecule has 1 atom stereocenters. The molecule has 2 N–H and O–H groups in total. The third kappa shape index (κ3) is 3.06. The molecule has 4 nitrogen and oxygen atoms in total. The molecule has 1 aliphatic rings. The SMILES string of the molecule is NCCC1CN(Cc2ccco2)CCO1. The van der Waals surface area contributed by atoms with Crippen LogP contribution in [0.4, 0.5) is 0 Å². The molecule has 0 aromatic carbocycles. The first-order chi connectivity index (χ1) is 7.38. The highest BCUT2D eigenvalue weighted by Gasteiger charge is 2.20. The number of ether oxygens (including phenoxy) is 1. The van der Waals surface area contributed by atoms with E-state index < -0.39 is 0 Å². The number of rotatable bonds is 4. The molecule has 0 amide bonds. The minimum Gasteiger partial charge on any atom is -0.468 e. The molecule has 1 aliphatic heterocycles. The Hall–Kier alpha value is -0.840. The maximum atomic E-state index is 5.62. The fourth-order valence-electron chi connectivity index (χ4n) is 1.91. The third-order valence-corrected chi connectivity index (χ3v) is 2.67. The molecule has 0 radical (unpaired) electrons. The van der Waals surface area contributed by atoms with Crippen molar-refractivity contribution in [3.63, 3.8) is 0 Å². The molecule has 4 heteroatoms. The van der Waals surface area contributed by atoms with Gasteiger partial charge in [-0.15, -0.1) is 0 Å². The first-order valence-electron chi connectivity index (χ1n) is 5.45. The number of nitrogens with two attached hydrogens (primary N) is 1. The van der Waals surface area contributed by atoms with Gasteiger partial charge in [-0.3, -0.25) is 4.90 Å². The van der Waals surface area contributed by atoms with Gasteiger partial charge >= 0.3 is 0 Å². The summed E-state index contributed by atoms with van der Waals surface area (Å²) < 4.78 is 10.9. The van der Waals surface area contributed by atoms with Crippen LogP contribution in [0.15, 0.2) is 22.8 Å². The summed E-state index contributed by atoms with van der Waals surface area (Å²) in [5.41, 5.74) is 5.52. The first-order valence-corrected chi connectivity index (χ1v) is 5.45. The topological polar surface area (TPSA) is 51.6 Å². The average Bonchev–Trinajstić information content (AvgIpc) is 2.71. The summed E-state index contributed by atoms with van der Waals surface area (Å²) in [7, 11) is 0. The van der Waals surface area contributed by atoms with E-state index in [1.165, 1.54) is 0 Å². The van der Waals surface area contributed by atoms with Gasteiger partial charge in [0.25, 0.3) is 0 Å². The third-order valence-electron chi connectivity index (χ3n) is 2.67. The summed E-state index contributed by atoms with van der Waals surface area (Å²) in [5.74, 6) is 1.02. The van der Waals surface area contributed by atoms with Crippen LogP contribution in [0.5, 0.6) is 0 Å². The first kappa shape index (κ1) is 10.7. The molecule has 15 heavy (non-hydrogen) atoms. The molecule has 0 spiro atoms. The van der Waals surface area contributed by atoms with Crippen molar-refractivity contribution in [1.29, 1.82) is 0 Å². The highest BCUT2D eigenvalue weighted by molar-refractivity contribution is 4.98. The molecule has 1 fully saturated rings. The fourth-order valence-corrected chi connectivity index (χ4v) is 1.91. The van der Waals surface area contributed by atoms with Crippen molar-refractivity contribution >= 4 is 0 Å². The highest BCUT2D eigenvalue weighted by atomic mass is 16.5. The Bertz CT molecular complexity index is 272. The predicted molar refractivity (Wildman–Crippen MR) is 57.4 cm³/mol.